The number of hydrogen-bond donors (Lipinski definition) is 3. The monoisotopic (exact) mass is 205 g/mol. The van der Waals surface area contributed by atoms with Crippen LogP contribution in [0.1, 0.15) is 23.4 Å². The van der Waals surface area contributed by atoms with Crippen molar-refractivity contribution in [1.29, 1.82) is 5.41 Å². The Bertz CT molecular complexity index is 269. The maximum Gasteiger partial charge on any atom is 0.123 e. The van der Waals surface area contributed by atoms with Crippen LogP contribution in [0.4, 0.5) is 0 Å². The lowest BCUT2D eigenvalue weighted by molar-refractivity contribution is 0.838. The van der Waals surface area contributed by atoms with E-state index >= 15 is 0 Å². The van der Waals surface area contributed by atoms with Gasteiger partial charge >= 0.3 is 0 Å². The molecule has 5 heteroatoms. The van der Waals surface area contributed by atoms with Crippen LogP contribution in [0.25, 0.3) is 0 Å². The van der Waals surface area contributed by atoms with Crippen molar-refractivity contribution in [3.8, 4) is 0 Å². The quantitative estimate of drug-likeness (QED) is 0.505. The molecule has 0 bridgehead atoms. The lowest BCUT2D eigenvalue weighted by atomic mass is 10.2. The summed E-state index contributed by atoms with van der Waals surface area (Å²) in [5.41, 5.74) is 11.7. The molecule has 0 aliphatic rings. The summed E-state index contributed by atoms with van der Waals surface area (Å²) >= 11 is 1.54. The van der Waals surface area contributed by atoms with Crippen molar-refractivity contribution in [2.24, 2.45) is 11.5 Å². The summed E-state index contributed by atoms with van der Waals surface area (Å²) in [5, 5.41) is 8.98. The minimum atomic E-state index is 0. The number of thiophene rings is 1. The molecule has 1 unspecified atom stereocenters. The zero-order valence-electron chi connectivity index (χ0n) is 6.70. The van der Waals surface area contributed by atoms with Crippen LogP contribution in [0, 0.1) is 5.41 Å². The summed E-state index contributed by atoms with van der Waals surface area (Å²) in [4.78, 5) is 1.07. The van der Waals surface area contributed by atoms with Crippen LogP contribution < -0.4 is 11.5 Å². The molecular weight excluding hydrogens is 194 g/mol. The fourth-order valence-corrected chi connectivity index (χ4v) is 1.60. The van der Waals surface area contributed by atoms with E-state index in [0.29, 0.717) is 0 Å². The first kappa shape index (κ1) is 11.4. The first-order chi connectivity index (χ1) is 5.11. The lowest BCUT2D eigenvalue weighted by Crippen LogP contribution is -2.09. The Morgan fingerprint density at radius 3 is 2.50 bits per heavy atom. The maximum absolute atomic E-state index is 7.13. The number of hydrogen-bond acceptors (Lipinski definition) is 3. The predicted octanol–water partition coefficient (Wildman–Crippen LogP) is 1.47. The normalized spacial score (nSPS) is 11.8. The zero-order chi connectivity index (χ0) is 8.43. The maximum atomic E-state index is 7.13. The summed E-state index contributed by atoms with van der Waals surface area (Å²) in [5.74, 6) is 0.105. The molecule has 1 aromatic rings. The van der Waals surface area contributed by atoms with Crippen molar-refractivity contribution in [2.75, 3.05) is 0 Å². The van der Waals surface area contributed by atoms with Gasteiger partial charge in [0, 0.05) is 21.9 Å². The van der Waals surface area contributed by atoms with Gasteiger partial charge in [-0.25, -0.2) is 0 Å². The van der Waals surface area contributed by atoms with Crippen molar-refractivity contribution >= 4 is 29.6 Å². The Morgan fingerprint density at radius 1 is 1.67 bits per heavy atom. The van der Waals surface area contributed by atoms with E-state index in [1.54, 1.807) is 11.3 Å². The standard InChI is InChI=1S/C7H11N3S.ClH/c1-4(8)6-2-5(3-11-6)7(9)10;/h2-4H,8H2,1H3,(H3,9,10);1H. The van der Waals surface area contributed by atoms with E-state index in [2.05, 4.69) is 0 Å². The Labute approximate surface area is 81.7 Å². The molecule has 0 aliphatic carbocycles. The molecule has 0 saturated heterocycles. The van der Waals surface area contributed by atoms with Gasteiger partial charge in [0.2, 0.25) is 0 Å². The van der Waals surface area contributed by atoms with Crippen LogP contribution >= 0.6 is 23.7 Å². The number of halogens is 1. The van der Waals surface area contributed by atoms with E-state index in [0.717, 1.165) is 10.4 Å². The van der Waals surface area contributed by atoms with Crippen molar-refractivity contribution < 1.29 is 0 Å². The topological polar surface area (TPSA) is 75.9 Å². The first-order valence-electron chi connectivity index (χ1n) is 3.29. The first-order valence-corrected chi connectivity index (χ1v) is 4.17. The third kappa shape index (κ3) is 2.48. The second-order valence-corrected chi connectivity index (χ2v) is 3.38. The van der Waals surface area contributed by atoms with E-state index in [9.17, 15) is 0 Å². The molecule has 0 fully saturated rings. The van der Waals surface area contributed by atoms with Crippen molar-refractivity contribution in [2.45, 2.75) is 13.0 Å². The van der Waals surface area contributed by atoms with Crippen molar-refractivity contribution in [3.05, 3.63) is 21.9 Å². The number of amidine groups is 1. The van der Waals surface area contributed by atoms with E-state index in [1.165, 1.54) is 0 Å². The van der Waals surface area contributed by atoms with Gasteiger partial charge in [-0.15, -0.1) is 23.7 Å². The summed E-state index contributed by atoms with van der Waals surface area (Å²) < 4.78 is 0. The summed E-state index contributed by atoms with van der Waals surface area (Å²) in [6, 6.07) is 1.89. The zero-order valence-corrected chi connectivity index (χ0v) is 8.34. The van der Waals surface area contributed by atoms with Gasteiger partial charge in [0.25, 0.3) is 0 Å². The van der Waals surface area contributed by atoms with E-state index < -0.39 is 0 Å². The largest absolute Gasteiger partial charge is 0.384 e. The highest BCUT2D eigenvalue weighted by molar-refractivity contribution is 7.10. The summed E-state index contributed by atoms with van der Waals surface area (Å²) in [6.45, 7) is 1.91. The van der Waals surface area contributed by atoms with Gasteiger partial charge in [0.1, 0.15) is 5.84 Å². The molecule has 0 spiro atoms. The highest BCUT2D eigenvalue weighted by Gasteiger charge is 2.04. The van der Waals surface area contributed by atoms with Crippen LogP contribution in [0.15, 0.2) is 11.4 Å². The van der Waals surface area contributed by atoms with Crippen LogP contribution in [-0.4, -0.2) is 5.84 Å². The SMILES string of the molecule is CC(N)c1cc(C(=N)N)cs1.Cl. The number of nitrogen functional groups attached to an aromatic ring is 1. The molecule has 0 saturated carbocycles. The molecule has 1 aromatic heterocycles. The molecule has 12 heavy (non-hydrogen) atoms. The van der Waals surface area contributed by atoms with Crippen molar-refractivity contribution in [1.82, 2.24) is 0 Å². The van der Waals surface area contributed by atoms with Crippen LogP contribution in [-0.2, 0) is 0 Å². The fraction of sp³-hybridized carbons (Fsp3) is 0.286. The van der Waals surface area contributed by atoms with Crippen LogP contribution in [0.5, 0.6) is 0 Å². The molecule has 0 aromatic carbocycles. The molecule has 5 N–H and O–H groups in total. The average Bonchev–Trinajstić information content (AvgIpc) is 2.33. The molecule has 0 aliphatic heterocycles. The van der Waals surface area contributed by atoms with Gasteiger partial charge < -0.3 is 11.5 Å². The van der Waals surface area contributed by atoms with Gasteiger partial charge in [-0.2, -0.15) is 0 Å². The van der Waals surface area contributed by atoms with Gasteiger partial charge in [-0.05, 0) is 13.0 Å². The Hall–Kier alpha value is -0.580. The summed E-state index contributed by atoms with van der Waals surface area (Å²) in [6.07, 6.45) is 0. The molecule has 1 atom stereocenters. The third-order valence-corrected chi connectivity index (χ3v) is 2.51. The van der Waals surface area contributed by atoms with Gasteiger partial charge in [-0.3, -0.25) is 5.41 Å². The summed E-state index contributed by atoms with van der Waals surface area (Å²) in [7, 11) is 0. The van der Waals surface area contributed by atoms with Gasteiger partial charge in [0.05, 0.1) is 0 Å². The molecular formula is C7H12ClN3S. The molecule has 3 nitrogen and oxygen atoms in total. The highest BCUT2D eigenvalue weighted by Crippen LogP contribution is 2.19. The van der Waals surface area contributed by atoms with Crippen molar-refractivity contribution in [3.63, 3.8) is 0 Å². The molecule has 1 rings (SSSR count). The smallest absolute Gasteiger partial charge is 0.123 e. The number of rotatable bonds is 2. The van der Waals surface area contributed by atoms with Gasteiger partial charge in [-0.1, -0.05) is 0 Å². The second-order valence-electron chi connectivity index (χ2n) is 2.44. The van der Waals surface area contributed by atoms with E-state index in [1.807, 2.05) is 18.4 Å². The van der Waals surface area contributed by atoms with Gasteiger partial charge in [0.15, 0.2) is 0 Å². The number of nitrogens with one attached hydrogen (secondary N) is 1. The molecule has 0 amide bonds. The average molecular weight is 206 g/mol. The molecule has 1 heterocycles. The predicted molar refractivity (Wildman–Crippen MR) is 55.2 cm³/mol. The molecule has 68 valence electrons. The Morgan fingerprint density at radius 2 is 2.25 bits per heavy atom. The number of nitrogens with two attached hydrogens (primary N) is 2. The minimum absolute atomic E-state index is 0. The van der Waals surface area contributed by atoms with Crippen LogP contribution in [0.2, 0.25) is 0 Å². The lowest BCUT2D eigenvalue weighted by Gasteiger charge is -1.97. The Balaban J connectivity index is 0.00000121. The molecule has 0 radical (unpaired) electrons. The van der Waals surface area contributed by atoms with Crippen LogP contribution in [0.3, 0.4) is 0 Å². The highest BCUT2D eigenvalue weighted by atomic mass is 35.5. The second kappa shape index (κ2) is 4.45. The van der Waals surface area contributed by atoms with E-state index in [-0.39, 0.29) is 24.3 Å². The Kier molecular flexibility index (Phi) is 4.23. The van der Waals surface area contributed by atoms with E-state index in [4.69, 9.17) is 16.9 Å². The fourth-order valence-electron chi connectivity index (χ4n) is 0.733. The third-order valence-electron chi connectivity index (χ3n) is 1.38. The minimum Gasteiger partial charge on any atom is -0.384 e.